The molecule has 5 nitrogen and oxygen atoms in total. The molecule has 0 bridgehead atoms. The summed E-state index contributed by atoms with van der Waals surface area (Å²) in [4.78, 5) is 4.39. The lowest BCUT2D eigenvalue weighted by Gasteiger charge is -2.11. The first kappa shape index (κ1) is 18.2. The van der Waals surface area contributed by atoms with Gasteiger partial charge in [-0.2, -0.15) is 5.10 Å². The van der Waals surface area contributed by atoms with Crippen molar-refractivity contribution in [1.29, 1.82) is 0 Å². The maximum absolute atomic E-state index is 6.31. The number of halogens is 2. The number of hydrogen-bond donors (Lipinski definition) is 1. The molecule has 25 heavy (non-hydrogen) atoms. The molecule has 0 aliphatic heterocycles. The highest BCUT2D eigenvalue weighted by atomic mass is 79.9. The summed E-state index contributed by atoms with van der Waals surface area (Å²) < 4.78 is 8.07. The molecule has 132 valence electrons. The van der Waals surface area contributed by atoms with Gasteiger partial charge in [0.1, 0.15) is 0 Å². The van der Waals surface area contributed by atoms with Gasteiger partial charge in [0.05, 0.1) is 29.4 Å². The molecule has 7 heteroatoms. The lowest BCUT2D eigenvalue weighted by Crippen LogP contribution is -2.08. The molecular weight excluding hydrogens is 404 g/mol. The number of pyridine rings is 1. The van der Waals surface area contributed by atoms with Crippen molar-refractivity contribution in [2.75, 3.05) is 19.0 Å². The van der Waals surface area contributed by atoms with Gasteiger partial charge in [-0.3, -0.25) is 9.67 Å². The lowest BCUT2D eigenvalue weighted by molar-refractivity contribution is 0.182. The number of nitrogens with zero attached hydrogens (tertiary/aromatic N) is 3. The number of aryl methyl sites for hydroxylation is 1. The molecule has 0 atom stereocenters. The Morgan fingerprint density at radius 1 is 1.32 bits per heavy atom. The minimum Gasteiger partial charge on any atom is -0.383 e. The van der Waals surface area contributed by atoms with E-state index >= 15 is 0 Å². The smallest absolute Gasteiger partial charge is 0.0909 e. The number of hydrogen-bond acceptors (Lipinski definition) is 4. The van der Waals surface area contributed by atoms with Gasteiger partial charge in [0.25, 0.3) is 0 Å². The van der Waals surface area contributed by atoms with E-state index in [1.54, 1.807) is 13.3 Å². The minimum absolute atomic E-state index is 0.632. The third-order valence-corrected chi connectivity index (χ3v) is 5.00. The van der Waals surface area contributed by atoms with Gasteiger partial charge in [-0.25, -0.2) is 0 Å². The van der Waals surface area contributed by atoms with E-state index in [0.717, 1.165) is 39.0 Å². The zero-order valence-corrected chi connectivity index (χ0v) is 16.8. The molecule has 0 fully saturated rings. The van der Waals surface area contributed by atoms with Crippen LogP contribution in [0.25, 0.3) is 10.9 Å². The third kappa shape index (κ3) is 3.81. The monoisotopic (exact) mass is 422 g/mol. The molecule has 3 rings (SSSR count). The Bertz CT molecular complexity index is 910. The largest absolute Gasteiger partial charge is 0.383 e. The molecule has 0 unspecified atom stereocenters. The second kappa shape index (κ2) is 7.72. The van der Waals surface area contributed by atoms with Gasteiger partial charge in [0, 0.05) is 46.7 Å². The summed E-state index contributed by atoms with van der Waals surface area (Å²) in [6.45, 7) is 6.21. The Morgan fingerprint density at radius 2 is 2.12 bits per heavy atom. The first-order valence-electron chi connectivity index (χ1n) is 8.00. The van der Waals surface area contributed by atoms with Crippen molar-refractivity contribution in [1.82, 2.24) is 14.8 Å². The zero-order valence-electron chi connectivity index (χ0n) is 14.4. The van der Waals surface area contributed by atoms with Crippen LogP contribution in [0.3, 0.4) is 0 Å². The van der Waals surface area contributed by atoms with Crippen molar-refractivity contribution >= 4 is 44.1 Å². The molecule has 0 aliphatic carbocycles. The highest BCUT2D eigenvalue weighted by Crippen LogP contribution is 2.31. The average molecular weight is 424 g/mol. The molecule has 2 heterocycles. The van der Waals surface area contributed by atoms with Gasteiger partial charge in [0.2, 0.25) is 0 Å². The Labute approximate surface area is 160 Å². The standard InChI is InChI=1S/C18H20BrClN4O/c1-11-15(12(2)24(23-11)6-7-25-3)10-22-17-4-5-21-18-14(17)8-13(19)9-16(18)20/h4-5,8-9H,6-7,10H2,1-3H3,(H,21,22). The minimum atomic E-state index is 0.632. The van der Waals surface area contributed by atoms with Gasteiger partial charge < -0.3 is 10.1 Å². The number of aromatic nitrogens is 3. The Morgan fingerprint density at radius 3 is 2.88 bits per heavy atom. The lowest BCUT2D eigenvalue weighted by atomic mass is 10.1. The van der Waals surface area contributed by atoms with Crippen molar-refractivity contribution in [3.05, 3.63) is 50.8 Å². The van der Waals surface area contributed by atoms with Crippen LogP contribution in [0.1, 0.15) is 17.0 Å². The summed E-state index contributed by atoms with van der Waals surface area (Å²) in [6.07, 6.45) is 1.77. The summed E-state index contributed by atoms with van der Waals surface area (Å²) >= 11 is 9.81. The van der Waals surface area contributed by atoms with Gasteiger partial charge >= 0.3 is 0 Å². The maximum Gasteiger partial charge on any atom is 0.0909 e. The van der Waals surface area contributed by atoms with Crippen LogP contribution in [0.15, 0.2) is 28.9 Å². The van der Waals surface area contributed by atoms with E-state index in [2.05, 4.69) is 38.3 Å². The number of anilines is 1. The number of fused-ring (bicyclic) bond motifs is 1. The summed E-state index contributed by atoms with van der Waals surface area (Å²) in [5, 5.41) is 9.73. The van der Waals surface area contributed by atoms with Crippen LogP contribution in [0.4, 0.5) is 5.69 Å². The molecule has 0 saturated heterocycles. The van der Waals surface area contributed by atoms with Crippen LogP contribution in [0, 0.1) is 13.8 Å². The Balaban J connectivity index is 1.87. The van der Waals surface area contributed by atoms with Crippen LogP contribution in [0.2, 0.25) is 5.02 Å². The number of methoxy groups -OCH3 is 1. The van der Waals surface area contributed by atoms with E-state index in [9.17, 15) is 0 Å². The van der Waals surface area contributed by atoms with Crippen LogP contribution < -0.4 is 5.32 Å². The van der Waals surface area contributed by atoms with E-state index in [1.165, 1.54) is 5.56 Å². The van der Waals surface area contributed by atoms with E-state index < -0.39 is 0 Å². The fourth-order valence-corrected chi connectivity index (χ4v) is 3.76. The molecule has 3 aromatic rings. The average Bonchev–Trinajstić information content (AvgIpc) is 2.85. The summed E-state index contributed by atoms with van der Waals surface area (Å²) in [5.41, 5.74) is 5.16. The summed E-state index contributed by atoms with van der Waals surface area (Å²) in [7, 11) is 1.70. The SMILES string of the molecule is COCCn1nc(C)c(CNc2ccnc3c(Cl)cc(Br)cc23)c1C. The summed E-state index contributed by atoms with van der Waals surface area (Å²) in [6, 6.07) is 5.85. The van der Waals surface area contributed by atoms with E-state index in [1.807, 2.05) is 29.8 Å². The predicted octanol–water partition coefficient (Wildman–Crippen LogP) is 4.72. The van der Waals surface area contributed by atoms with E-state index in [0.29, 0.717) is 18.2 Å². The normalized spacial score (nSPS) is 11.2. The number of ether oxygens (including phenoxy) is 1. The molecular formula is C18H20BrClN4O. The van der Waals surface area contributed by atoms with Gasteiger partial charge in [-0.05, 0) is 32.0 Å². The number of rotatable bonds is 6. The van der Waals surface area contributed by atoms with Gasteiger partial charge in [0.15, 0.2) is 0 Å². The molecule has 0 radical (unpaired) electrons. The Kier molecular flexibility index (Phi) is 5.61. The third-order valence-electron chi connectivity index (χ3n) is 4.26. The number of benzene rings is 1. The van der Waals surface area contributed by atoms with Crippen molar-refractivity contribution < 1.29 is 4.74 Å². The fourth-order valence-electron chi connectivity index (χ4n) is 2.90. The summed E-state index contributed by atoms with van der Waals surface area (Å²) in [5.74, 6) is 0. The first-order valence-corrected chi connectivity index (χ1v) is 9.17. The van der Waals surface area contributed by atoms with Crippen molar-refractivity contribution in [2.24, 2.45) is 0 Å². The molecule has 1 aromatic carbocycles. The highest BCUT2D eigenvalue weighted by Gasteiger charge is 2.12. The van der Waals surface area contributed by atoms with Crippen LogP contribution in [-0.4, -0.2) is 28.5 Å². The quantitative estimate of drug-likeness (QED) is 0.623. The fraction of sp³-hybridized carbons (Fsp3) is 0.333. The highest BCUT2D eigenvalue weighted by molar-refractivity contribution is 9.10. The van der Waals surface area contributed by atoms with Crippen LogP contribution in [-0.2, 0) is 17.8 Å². The topological polar surface area (TPSA) is 52.0 Å². The van der Waals surface area contributed by atoms with E-state index in [4.69, 9.17) is 16.3 Å². The van der Waals surface area contributed by atoms with Crippen LogP contribution >= 0.6 is 27.5 Å². The molecule has 0 spiro atoms. The number of nitrogens with one attached hydrogen (secondary N) is 1. The predicted molar refractivity (Wildman–Crippen MR) is 105 cm³/mol. The second-order valence-corrected chi connectivity index (χ2v) is 7.18. The zero-order chi connectivity index (χ0) is 18.0. The van der Waals surface area contributed by atoms with Crippen molar-refractivity contribution in [3.63, 3.8) is 0 Å². The van der Waals surface area contributed by atoms with Gasteiger partial charge in [-0.15, -0.1) is 0 Å². The molecule has 2 aromatic heterocycles. The maximum atomic E-state index is 6.31. The molecule has 0 saturated carbocycles. The van der Waals surface area contributed by atoms with Crippen LogP contribution in [0.5, 0.6) is 0 Å². The molecule has 0 aliphatic rings. The van der Waals surface area contributed by atoms with Crippen molar-refractivity contribution in [3.8, 4) is 0 Å². The Hall–Kier alpha value is -1.63. The van der Waals surface area contributed by atoms with E-state index in [-0.39, 0.29) is 0 Å². The molecule has 0 amide bonds. The second-order valence-electron chi connectivity index (χ2n) is 5.86. The van der Waals surface area contributed by atoms with Gasteiger partial charge in [-0.1, -0.05) is 27.5 Å². The first-order chi connectivity index (χ1) is 12.0. The van der Waals surface area contributed by atoms with Crippen molar-refractivity contribution in [2.45, 2.75) is 26.9 Å². The molecule has 1 N–H and O–H groups in total.